The third-order valence-electron chi connectivity index (χ3n) is 4.76. The van der Waals surface area contributed by atoms with Crippen LogP contribution in [0.5, 0.6) is 11.5 Å². The second kappa shape index (κ2) is 7.75. The van der Waals surface area contributed by atoms with Gasteiger partial charge in [-0.15, -0.1) is 0 Å². The van der Waals surface area contributed by atoms with Gasteiger partial charge in [0.25, 0.3) is 5.56 Å². The van der Waals surface area contributed by atoms with Gasteiger partial charge in [-0.05, 0) is 48.5 Å². The standard InChI is InChI=1S/C22H19N3O5/c1-28-16-8-4-14(5-9-16)24-12-18-20(19(13-24)22(27)30-3)23-25(21(18)26)15-6-10-17(29-2)11-7-15/h4-13H,1-3H3. The molecule has 0 N–H and O–H groups in total. The number of hydrogen-bond acceptors (Lipinski definition) is 6. The van der Waals surface area contributed by atoms with Gasteiger partial charge < -0.3 is 18.8 Å². The van der Waals surface area contributed by atoms with Crippen LogP contribution in [0.15, 0.2) is 65.7 Å². The fourth-order valence-electron chi connectivity index (χ4n) is 3.17. The summed E-state index contributed by atoms with van der Waals surface area (Å²) in [4.78, 5) is 25.5. The van der Waals surface area contributed by atoms with Gasteiger partial charge in [0.1, 0.15) is 22.8 Å². The zero-order chi connectivity index (χ0) is 21.3. The van der Waals surface area contributed by atoms with Crippen LogP contribution in [0.4, 0.5) is 0 Å². The van der Waals surface area contributed by atoms with Crippen molar-refractivity contribution in [3.05, 3.63) is 76.8 Å². The predicted molar refractivity (Wildman–Crippen MR) is 110 cm³/mol. The molecule has 8 nitrogen and oxygen atoms in total. The molecule has 0 fully saturated rings. The van der Waals surface area contributed by atoms with Gasteiger partial charge in [-0.3, -0.25) is 4.79 Å². The quantitative estimate of drug-likeness (QED) is 0.475. The van der Waals surface area contributed by atoms with Crippen LogP contribution in [-0.2, 0) is 4.74 Å². The second-order valence-electron chi connectivity index (χ2n) is 6.45. The first-order valence-corrected chi connectivity index (χ1v) is 9.08. The van der Waals surface area contributed by atoms with Gasteiger partial charge in [-0.25, -0.2) is 4.79 Å². The number of ether oxygens (including phenoxy) is 3. The largest absolute Gasteiger partial charge is 0.497 e. The van der Waals surface area contributed by atoms with E-state index in [0.717, 1.165) is 5.69 Å². The summed E-state index contributed by atoms with van der Waals surface area (Å²) in [6.07, 6.45) is 3.25. The van der Waals surface area contributed by atoms with Crippen molar-refractivity contribution in [2.24, 2.45) is 0 Å². The number of fused-ring (bicyclic) bond motifs is 1. The normalized spacial score (nSPS) is 10.8. The molecule has 4 rings (SSSR count). The van der Waals surface area contributed by atoms with Crippen molar-refractivity contribution in [2.75, 3.05) is 21.3 Å². The third kappa shape index (κ3) is 3.28. The highest BCUT2D eigenvalue weighted by Gasteiger charge is 2.25. The molecule has 2 aliphatic rings. The summed E-state index contributed by atoms with van der Waals surface area (Å²) in [6.45, 7) is 0. The summed E-state index contributed by atoms with van der Waals surface area (Å²) >= 11 is 0. The van der Waals surface area contributed by atoms with Crippen molar-refractivity contribution in [3.8, 4) is 34.1 Å². The first kappa shape index (κ1) is 19.3. The Hall–Kier alpha value is -4.07. The summed E-state index contributed by atoms with van der Waals surface area (Å²) in [7, 11) is 4.44. The van der Waals surface area contributed by atoms with Crippen LogP contribution in [0.1, 0.15) is 10.4 Å². The summed E-state index contributed by atoms with van der Waals surface area (Å²) in [6, 6.07) is 14.2. The van der Waals surface area contributed by atoms with Gasteiger partial charge in [-0.2, -0.15) is 9.78 Å². The summed E-state index contributed by atoms with van der Waals surface area (Å²) in [5, 5.41) is 4.40. The van der Waals surface area contributed by atoms with Crippen LogP contribution in [0.25, 0.3) is 22.6 Å². The number of nitrogens with zero attached hydrogens (tertiary/aromatic N) is 3. The molecule has 0 amide bonds. The van der Waals surface area contributed by atoms with Gasteiger partial charge in [0.05, 0.1) is 32.6 Å². The molecule has 0 radical (unpaired) electrons. The zero-order valence-corrected chi connectivity index (χ0v) is 16.7. The van der Waals surface area contributed by atoms with Crippen molar-refractivity contribution in [1.82, 2.24) is 14.3 Å². The average Bonchev–Trinajstić information content (AvgIpc) is 3.14. The van der Waals surface area contributed by atoms with Crippen molar-refractivity contribution < 1.29 is 19.0 Å². The molecule has 8 heteroatoms. The Balaban J connectivity index is 1.91. The number of pyridine rings is 1. The topological polar surface area (TPSA) is 84.6 Å². The van der Waals surface area contributed by atoms with Crippen molar-refractivity contribution in [1.29, 1.82) is 0 Å². The Morgan fingerprint density at radius 1 is 0.833 bits per heavy atom. The van der Waals surface area contributed by atoms with E-state index in [-0.39, 0.29) is 16.8 Å². The zero-order valence-electron chi connectivity index (χ0n) is 16.7. The minimum absolute atomic E-state index is 0.190. The molecule has 2 aromatic carbocycles. The van der Waals surface area contributed by atoms with E-state index < -0.39 is 5.97 Å². The van der Waals surface area contributed by atoms with Gasteiger partial charge >= 0.3 is 5.97 Å². The maximum Gasteiger partial charge on any atom is 0.341 e. The fraction of sp³-hybridized carbons (Fsp3) is 0.136. The average molecular weight is 405 g/mol. The maximum atomic E-state index is 13.1. The number of methoxy groups -OCH3 is 3. The highest BCUT2D eigenvalue weighted by atomic mass is 16.5. The summed E-state index contributed by atoms with van der Waals surface area (Å²) < 4.78 is 18.2. The minimum atomic E-state index is -0.581. The second-order valence-corrected chi connectivity index (χ2v) is 6.45. The Morgan fingerprint density at radius 3 is 1.93 bits per heavy atom. The molecule has 0 aliphatic carbocycles. The molecule has 152 valence electrons. The maximum absolute atomic E-state index is 13.1. The molecule has 2 aliphatic heterocycles. The van der Waals surface area contributed by atoms with Crippen LogP contribution in [0, 0.1) is 0 Å². The number of aromatic nitrogens is 3. The van der Waals surface area contributed by atoms with E-state index in [1.165, 1.54) is 11.8 Å². The minimum Gasteiger partial charge on any atom is -0.497 e. The van der Waals surface area contributed by atoms with Gasteiger partial charge in [0.2, 0.25) is 0 Å². The first-order valence-electron chi connectivity index (χ1n) is 9.08. The van der Waals surface area contributed by atoms with Crippen LogP contribution in [-0.4, -0.2) is 41.6 Å². The highest BCUT2D eigenvalue weighted by molar-refractivity contribution is 5.96. The number of carbonyl (C=O) groups is 1. The third-order valence-corrected chi connectivity index (χ3v) is 4.76. The predicted octanol–water partition coefficient (Wildman–Crippen LogP) is 2.93. The van der Waals surface area contributed by atoms with Crippen LogP contribution in [0.3, 0.4) is 0 Å². The molecule has 0 atom stereocenters. The Labute approximate surface area is 172 Å². The van der Waals surface area contributed by atoms with E-state index in [0.29, 0.717) is 22.7 Å². The van der Waals surface area contributed by atoms with E-state index in [2.05, 4.69) is 5.10 Å². The fourth-order valence-corrected chi connectivity index (χ4v) is 3.17. The lowest BCUT2D eigenvalue weighted by Crippen LogP contribution is -2.15. The van der Waals surface area contributed by atoms with Crippen LogP contribution < -0.4 is 15.0 Å². The first-order chi connectivity index (χ1) is 14.5. The Kier molecular flexibility index (Phi) is 4.97. The van der Waals surface area contributed by atoms with Crippen molar-refractivity contribution in [3.63, 3.8) is 0 Å². The number of esters is 1. The van der Waals surface area contributed by atoms with E-state index in [9.17, 15) is 9.59 Å². The van der Waals surface area contributed by atoms with Crippen LogP contribution >= 0.6 is 0 Å². The number of benzene rings is 2. The molecule has 2 aromatic rings. The van der Waals surface area contributed by atoms with E-state index in [1.54, 1.807) is 67.6 Å². The SMILES string of the molecule is COC(=O)c1cn(-c2ccc(OC)cc2)cc2c(=O)n(-c3ccc(OC)cc3)nc1-2. The summed E-state index contributed by atoms with van der Waals surface area (Å²) in [5.74, 6) is 0.781. The van der Waals surface area contributed by atoms with Crippen molar-refractivity contribution >= 4 is 5.97 Å². The molecular formula is C22H19N3O5. The molecule has 0 spiro atoms. The lowest BCUT2D eigenvalue weighted by atomic mass is 10.1. The lowest BCUT2D eigenvalue weighted by Gasteiger charge is -2.12. The molecule has 2 heterocycles. The smallest absolute Gasteiger partial charge is 0.341 e. The molecule has 0 bridgehead atoms. The Bertz CT molecular complexity index is 1220. The Morgan fingerprint density at radius 2 is 1.40 bits per heavy atom. The molecule has 0 aromatic heterocycles. The molecule has 30 heavy (non-hydrogen) atoms. The van der Waals surface area contributed by atoms with Gasteiger partial charge in [0, 0.05) is 18.1 Å². The van der Waals surface area contributed by atoms with E-state index in [1.807, 2.05) is 12.1 Å². The number of hydrogen-bond donors (Lipinski definition) is 0. The summed E-state index contributed by atoms with van der Waals surface area (Å²) in [5.41, 5.74) is 1.72. The molecule has 0 saturated heterocycles. The number of carbonyl (C=O) groups excluding carboxylic acids is 1. The van der Waals surface area contributed by atoms with Crippen LogP contribution in [0.2, 0.25) is 0 Å². The van der Waals surface area contributed by atoms with Gasteiger partial charge in [0.15, 0.2) is 0 Å². The van der Waals surface area contributed by atoms with E-state index >= 15 is 0 Å². The van der Waals surface area contributed by atoms with Gasteiger partial charge in [-0.1, -0.05) is 0 Å². The lowest BCUT2D eigenvalue weighted by molar-refractivity contribution is 0.0600. The molecule has 0 saturated carbocycles. The number of rotatable bonds is 5. The molecule has 0 unspecified atom stereocenters. The van der Waals surface area contributed by atoms with E-state index in [4.69, 9.17) is 14.2 Å². The monoisotopic (exact) mass is 405 g/mol. The molecular weight excluding hydrogens is 386 g/mol. The van der Waals surface area contributed by atoms with Crippen molar-refractivity contribution in [2.45, 2.75) is 0 Å². The highest BCUT2D eigenvalue weighted by Crippen LogP contribution is 2.26.